The van der Waals surface area contributed by atoms with E-state index in [2.05, 4.69) is 21.3 Å². The van der Waals surface area contributed by atoms with Crippen LogP contribution >= 0.6 is 11.8 Å². The van der Waals surface area contributed by atoms with Crippen LogP contribution in [0.2, 0.25) is 0 Å². The Bertz CT molecular complexity index is 825. The van der Waals surface area contributed by atoms with Crippen LogP contribution in [0.3, 0.4) is 0 Å². The average Bonchev–Trinajstić information content (AvgIpc) is 3.39. The van der Waals surface area contributed by atoms with Crippen molar-refractivity contribution in [1.29, 1.82) is 0 Å². The van der Waals surface area contributed by atoms with Crippen molar-refractivity contribution in [2.24, 2.45) is 0 Å². The van der Waals surface area contributed by atoms with Gasteiger partial charge in [0.15, 0.2) is 0 Å². The summed E-state index contributed by atoms with van der Waals surface area (Å²) in [5.41, 5.74) is 1.03. The number of carbonyl (C=O) groups excluding carboxylic acids is 3. The maximum absolute atomic E-state index is 11.9. The summed E-state index contributed by atoms with van der Waals surface area (Å²) < 4.78 is 10.7. The van der Waals surface area contributed by atoms with Gasteiger partial charge < -0.3 is 35.8 Å². The van der Waals surface area contributed by atoms with Gasteiger partial charge >= 0.3 is 6.03 Å². The van der Waals surface area contributed by atoms with Gasteiger partial charge in [-0.2, -0.15) is 11.8 Å². The van der Waals surface area contributed by atoms with Crippen LogP contribution in [0.5, 0.6) is 5.75 Å². The van der Waals surface area contributed by atoms with Gasteiger partial charge in [-0.15, -0.1) is 0 Å². The Hall–Kier alpha value is -2.50. The van der Waals surface area contributed by atoms with Crippen molar-refractivity contribution in [3.05, 3.63) is 29.8 Å². The van der Waals surface area contributed by atoms with E-state index in [9.17, 15) is 19.5 Å². The summed E-state index contributed by atoms with van der Waals surface area (Å²) in [6.07, 6.45) is 3.95. The van der Waals surface area contributed by atoms with Gasteiger partial charge in [0.1, 0.15) is 12.4 Å². The van der Waals surface area contributed by atoms with Crippen LogP contribution in [-0.2, 0) is 25.5 Å². The van der Waals surface area contributed by atoms with Gasteiger partial charge in [-0.05, 0) is 37.0 Å². The zero-order valence-electron chi connectivity index (χ0n) is 19.9. The monoisotopic (exact) mass is 508 g/mol. The van der Waals surface area contributed by atoms with Crippen LogP contribution in [0.15, 0.2) is 24.3 Å². The topological polar surface area (TPSA) is 138 Å². The minimum atomic E-state index is -0.188. The summed E-state index contributed by atoms with van der Waals surface area (Å²) in [6, 6.07) is 7.27. The van der Waals surface area contributed by atoms with Crippen molar-refractivity contribution < 1.29 is 29.0 Å². The number of benzene rings is 1. The number of urea groups is 1. The Morgan fingerprint density at radius 1 is 1.00 bits per heavy atom. The number of thioether (sulfide) groups is 1. The highest BCUT2D eigenvalue weighted by atomic mass is 32.2. The summed E-state index contributed by atoms with van der Waals surface area (Å²) in [5, 5.41) is 21.2. The molecule has 2 heterocycles. The first-order valence-electron chi connectivity index (χ1n) is 12.2. The fraction of sp³-hybridized carbons (Fsp3) is 0.625. The fourth-order valence-electron chi connectivity index (χ4n) is 4.07. The number of nitrogens with one attached hydrogen (secondary N) is 4. The van der Waals surface area contributed by atoms with E-state index in [1.54, 1.807) is 12.1 Å². The van der Waals surface area contributed by atoms with Crippen molar-refractivity contribution in [3.63, 3.8) is 0 Å². The number of ether oxygens (including phenoxy) is 2. The van der Waals surface area contributed by atoms with Crippen molar-refractivity contribution in [3.8, 4) is 5.75 Å². The smallest absolute Gasteiger partial charge is 0.315 e. The summed E-state index contributed by atoms with van der Waals surface area (Å²) >= 11 is 1.89. The molecule has 0 aliphatic carbocycles. The lowest BCUT2D eigenvalue weighted by molar-refractivity contribution is -0.126. The normalized spacial score (nSPS) is 20.7. The number of fused-ring (bicyclic) bond motifs is 1. The van der Waals surface area contributed by atoms with Gasteiger partial charge in [-0.1, -0.05) is 18.6 Å². The number of hydrogen-bond acceptors (Lipinski definition) is 7. The maximum atomic E-state index is 11.9. The van der Waals surface area contributed by atoms with Gasteiger partial charge in [-0.3, -0.25) is 9.59 Å². The van der Waals surface area contributed by atoms with Crippen molar-refractivity contribution in [2.75, 3.05) is 45.3 Å². The van der Waals surface area contributed by atoms with Crippen LogP contribution in [0.25, 0.3) is 0 Å². The minimum Gasteiger partial charge on any atom is -0.508 e. The second kappa shape index (κ2) is 14.8. The SMILES string of the molecule is O=C(CCCC[C@@H]1SC[C@@H]2NC(=O)N[C@@H]21)NCCOCCOCC(=O)NCCc1ccc(O)cc1. The van der Waals surface area contributed by atoms with E-state index in [0.717, 1.165) is 30.6 Å². The molecule has 0 saturated carbocycles. The van der Waals surface area contributed by atoms with Gasteiger partial charge in [0.05, 0.1) is 31.9 Å². The molecule has 2 saturated heterocycles. The first kappa shape index (κ1) is 27.1. The first-order chi connectivity index (χ1) is 17.0. The highest BCUT2D eigenvalue weighted by molar-refractivity contribution is 8.00. The maximum Gasteiger partial charge on any atom is 0.315 e. The average molecular weight is 509 g/mol. The molecule has 194 valence electrons. The van der Waals surface area contributed by atoms with Gasteiger partial charge in [0, 0.05) is 30.5 Å². The largest absolute Gasteiger partial charge is 0.508 e. The summed E-state index contributed by atoms with van der Waals surface area (Å²) in [6.45, 7) is 1.96. The first-order valence-corrected chi connectivity index (χ1v) is 13.2. The number of carbonyl (C=O) groups is 3. The van der Waals surface area contributed by atoms with Crippen LogP contribution in [0, 0.1) is 0 Å². The van der Waals surface area contributed by atoms with Crippen LogP contribution in [-0.4, -0.2) is 85.6 Å². The molecule has 3 atom stereocenters. The van der Waals surface area contributed by atoms with Gasteiger partial charge in [-0.25, -0.2) is 4.79 Å². The highest BCUT2D eigenvalue weighted by Gasteiger charge is 2.42. The van der Waals surface area contributed by atoms with Crippen molar-refractivity contribution in [2.45, 2.75) is 49.4 Å². The number of phenols is 1. The molecular formula is C24H36N4O6S. The number of aromatic hydroxyl groups is 1. The van der Waals surface area contributed by atoms with Crippen molar-refractivity contribution in [1.82, 2.24) is 21.3 Å². The third-order valence-electron chi connectivity index (χ3n) is 5.93. The number of hydrogen-bond donors (Lipinski definition) is 5. The Morgan fingerprint density at radius 2 is 1.77 bits per heavy atom. The van der Waals surface area contributed by atoms with E-state index in [4.69, 9.17) is 9.47 Å². The molecule has 5 N–H and O–H groups in total. The molecule has 0 spiro atoms. The molecule has 10 nitrogen and oxygen atoms in total. The van der Waals surface area contributed by atoms with Crippen LogP contribution < -0.4 is 21.3 Å². The predicted octanol–water partition coefficient (Wildman–Crippen LogP) is 0.926. The number of rotatable bonds is 16. The summed E-state index contributed by atoms with van der Waals surface area (Å²) in [5.74, 6) is 1.00. The van der Waals surface area contributed by atoms with Crippen molar-refractivity contribution >= 4 is 29.6 Å². The molecule has 2 fully saturated rings. The van der Waals surface area contributed by atoms with E-state index >= 15 is 0 Å². The molecule has 11 heteroatoms. The molecule has 35 heavy (non-hydrogen) atoms. The zero-order valence-corrected chi connectivity index (χ0v) is 20.7. The number of amides is 4. The molecule has 1 aromatic carbocycles. The number of unbranched alkanes of at least 4 members (excludes halogenated alkanes) is 1. The van der Waals surface area contributed by atoms with E-state index in [-0.39, 0.29) is 42.3 Å². The van der Waals surface area contributed by atoms with E-state index in [0.29, 0.717) is 51.0 Å². The molecule has 0 bridgehead atoms. The van der Waals surface area contributed by atoms with E-state index in [1.165, 1.54) is 0 Å². The molecule has 1 aromatic rings. The third-order valence-corrected chi connectivity index (χ3v) is 7.44. The van der Waals surface area contributed by atoms with Crippen LogP contribution in [0.4, 0.5) is 4.79 Å². The standard InChI is InChI=1S/C24H36N4O6S/c29-18-7-5-17(6-8-18)9-10-25-22(31)15-34-14-13-33-12-11-26-21(30)4-2-1-3-20-23-19(16-35-20)27-24(32)28-23/h5-8,19-20,23,29H,1-4,9-16H2,(H,25,31)(H,26,30)(H2,27,28,32)/t19-,20-,23-/m0/s1. The second-order valence-corrected chi connectivity index (χ2v) is 9.92. The van der Waals surface area contributed by atoms with Gasteiger partial charge in [0.25, 0.3) is 0 Å². The lowest BCUT2D eigenvalue weighted by Crippen LogP contribution is -2.36. The minimum absolute atomic E-state index is 0.0154. The van der Waals surface area contributed by atoms with Crippen LogP contribution in [0.1, 0.15) is 31.2 Å². The molecule has 4 amide bonds. The third kappa shape index (κ3) is 9.95. The summed E-state index contributed by atoms with van der Waals surface area (Å²) in [7, 11) is 0. The highest BCUT2D eigenvalue weighted by Crippen LogP contribution is 2.33. The Labute approximate surface area is 210 Å². The van der Waals surface area contributed by atoms with E-state index in [1.807, 2.05) is 23.9 Å². The second-order valence-electron chi connectivity index (χ2n) is 8.65. The molecule has 2 aliphatic heterocycles. The Balaban J connectivity index is 1.08. The lowest BCUT2D eigenvalue weighted by Gasteiger charge is -2.16. The molecule has 0 aromatic heterocycles. The molecule has 0 radical (unpaired) electrons. The summed E-state index contributed by atoms with van der Waals surface area (Å²) in [4.78, 5) is 35.1. The Morgan fingerprint density at radius 3 is 2.60 bits per heavy atom. The fourth-order valence-corrected chi connectivity index (χ4v) is 5.61. The molecule has 3 rings (SSSR count). The molecular weight excluding hydrogens is 472 g/mol. The number of phenolic OH excluding ortho intramolecular Hbond substituents is 1. The van der Waals surface area contributed by atoms with E-state index < -0.39 is 0 Å². The molecule has 0 unspecified atom stereocenters. The lowest BCUT2D eigenvalue weighted by atomic mass is 10.0. The predicted molar refractivity (Wildman–Crippen MR) is 133 cm³/mol. The van der Waals surface area contributed by atoms with Gasteiger partial charge in [0.2, 0.25) is 11.8 Å². The molecule has 2 aliphatic rings. The zero-order chi connectivity index (χ0) is 24.9. The quantitative estimate of drug-likeness (QED) is 0.165. The Kier molecular flexibility index (Phi) is 11.5.